The maximum atomic E-state index is 6.19. The second-order valence-corrected chi connectivity index (χ2v) is 6.05. The molecule has 0 saturated carbocycles. The summed E-state index contributed by atoms with van der Waals surface area (Å²) in [5, 5.41) is 4.98. The van der Waals surface area contributed by atoms with E-state index in [1.807, 2.05) is 63.0 Å². The molecule has 0 N–H and O–H groups in total. The SMILES string of the molecule is Cn1cc(C(OCCc2cccn2C)c2ccc(Cl)cc2)cn1. The van der Waals surface area contributed by atoms with Crippen molar-refractivity contribution < 1.29 is 4.74 Å². The van der Waals surface area contributed by atoms with Gasteiger partial charge >= 0.3 is 0 Å². The van der Waals surface area contributed by atoms with Crippen LogP contribution >= 0.6 is 11.6 Å². The van der Waals surface area contributed by atoms with E-state index in [0.29, 0.717) is 6.61 Å². The van der Waals surface area contributed by atoms with E-state index >= 15 is 0 Å². The quantitative estimate of drug-likeness (QED) is 0.689. The molecule has 0 aliphatic rings. The zero-order chi connectivity index (χ0) is 16.2. The van der Waals surface area contributed by atoms with Crippen LogP contribution in [-0.4, -0.2) is 21.0 Å². The Morgan fingerprint density at radius 3 is 2.52 bits per heavy atom. The summed E-state index contributed by atoms with van der Waals surface area (Å²) in [5.74, 6) is 0. The summed E-state index contributed by atoms with van der Waals surface area (Å²) in [6.45, 7) is 0.639. The van der Waals surface area contributed by atoms with Crippen LogP contribution in [0, 0.1) is 0 Å². The molecule has 2 heterocycles. The Morgan fingerprint density at radius 1 is 1.13 bits per heavy atom. The van der Waals surface area contributed by atoms with Gasteiger partial charge in [-0.1, -0.05) is 23.7 Å². The lowest BCUT2D eigenvalue weighted by Gasteiger charge is -2.17. The van der Waals surface area contributed by atoms with Crippen LogP contribution in [0.15, 0.2) is 55.0 Å². The molecule has 0 bridgehead atoms. The summed E-state index contributed by atoms with van der Waals surface area (Å²) < 4.78 is 10.1. The molecule has 0 aliphatic heterocycles. The van der Waals surface area contributed by atoms with Crippen LogP contribution in [0.5, 0.6) is 0 Å². The predicted octanol–water partition coefficient (Wildman–Crippen LogP) is 3.76. The average Bonchev–Trinajstić information content (AvgIpc) is 3.14. The molecule has 0 radical (unpaired) electrons. The molecule has 1 aromatic carbocycles. The van der Waals surface area contributed by atoms with Crippen LogP contribution in [-0.2, 0) is 25.3 Å². The summed E-state index contributed by atoms with van der Waals surface area (Å²) >= 11 is 6.00. The van der Waals surface area contributed by atoms with Gasteiger partial charge in [-0.05, 0) is 29.8 Å². The second kappa shape index (κ2) is 7.02. The minimum atomic E-state index is -0.138. The summed E-state index contributed by atoms with van der Waals surface area (Å²) in [7, 11) is 3.96. The molecular formula is C18H20ClN3O. The Kier molecular flexibility index (Phi) is 4.84. The van der Waals surface area contributed by atoms with Crippen LogP contribution in [0.1, 0.15) is 22.9 Å². The normalized spacial score (nSPS) is 12.5. The van der Waals surface area contributed by atoms with Crippen LogP contribution in [0.3, 0.4) is 0 Å². The molecule has 1 atom stereocenters. The van der Waals surface area contributed by atoms with Gasteiger partial charge in [-0.25, -0.2) is 0 Å². The number of benzene rings is 1. The third-order valence-electron chi connectivity index (χ3n) is 3.89. The van der Waals surface area contributed by atoms with Crippen molar-refractivity contribution in [2.24, 2.45) is 14.1 Å². The molecule has 0 aliphatic carbocycles. The van der Waals surface area contributed by atoms with Gasteiger partial charge in [0.05, 0.1) is 12.8 Å². The van der Waals surface area contributed by atoms with Crippen molar-refractivity contribution in [1.29, 1.82) is 0 Å². The predicted molar refractivity (Wildman–Crippen MR) is 91.6 cm³/mol. The van der Waals surface area contributed by atoms with Crippen molar-refractivity contribution in [1.82, 2.24) is 14.3 Å². The van der Waals surface area contributed by atoms with E-state index < -0.39 is 0 Å². The summed E-state index contributed by atoms with van der Waals surface area (Å²) in [5.41, 5.74) is 3.38. The van der Waals surface area contributed by atoms with Crippen molar-refractivity contribution in [3.63, 3.8) is 0 Å². The smallest absolute Gasteiger partial charge is 0.111 e. The van der Waals surface area contributed by atoms with Gasteiger partial charge in [0.2, 0.25) is 0 Å². The number of nitrogens with zero attached hydrogens (tertiary/aromatic N) is 3. The van der Waals surface area contributed by atoms with Gasteiger partial charge in [-0.15, -0.1) is 0 Å². The highest BCUT2D eigenvalue weighted by atomic mass is 35.5. The Morgan fingerprint density at radius 2 is 1.91 bits per heavy atom. The van der Waals surface area contributed by atoms with Gasteiger partial charge in [0.1, 0.15) is 6.10 Å². The highest BCUT2D eigenvalue weighted by Crippen LogP contribution is 2.27. The average molecular weight is 330 g/mol. The molecule has 0 amide bonds. The van der Waals surface area contributed by atoms with E-state index in [9.17, 15) is 0 Å². The first-order chi connectivity index (χ1) is 11.1. The van der Waals surface area contributed by atoms with Crippen LogP contribution in [0.25, 0.3) is 0 Å². The van der Waals surface area contributed by atoms with Gasteiger partial charge < -0.3 is 9.30 Å². The molecule has 1 unspecified atom stereocenters. The fourth-order valence-corrected chi connectivity index (χ4v) is 2.76. The van der Waals surface area contributed by atoms with E-state index in [1.54, 1.807) is 4.68 Å². The number of rotatable bonds is 6. The van der Waals surface area contributed by atoms with E-state index in [2.05, 4.69) is 15.7 Å². The summed E-state index contributed by atoms with van der Waals surface area (Å²) in [6, 6.07) is 11.9. The maximum Gasteiger partial charge on any atom is 0.111 e. The van der Waals surface area contributed by atoms with E-state index in [0.717, 1.165) is 22.6 Å². The monoisotopic (exact) mass is 329 g/mol. The topological polar surface area (TPSA) is 32.0 Å². The van der Waals surface area contributed by atoms with E-state index in [-0.39, 0.29) is 6.10 Å². The third-order valence-corrected chi connectivity index (χ3v) is 4.15. The van der Waals surface area contributed by atoms with Gasteiger partial charge in [0.15, 0.2) is 0 Å². The number of ether oxygens (including phenoxy) is 1. The zero-order valence-corrected chi connectivity index (χ0v) is 14.1. The molecule has 0 spiro atoms. The van der Waals surface area contributed by atoms with Crippen molar-refractivity contribution in [3.8, 4) is 0 Å². The minimum Gasteiger partial charge on any atom is -0.368 e. The Balaban J connectivity index is 1.75. The molecule has 4 nitrogen and oxygen atoms in total. The second-order valence-electron chi connectivity index (χ2n) is 5.61. The molecule has 23 heavy (non-hydrogen) atoms. The Labute approximate surface area is 141 Å². The molecule has 0 saturated heterocycles. The van der Waals surface area contributed by atoms with Crippen molar-refractivity contribution in [3.05, 3.63) is 76.8 Å². The molecule has 3 aromatic rings. The van der Waals surface area contributed by atoms with Gasteiger partial charge in [-0.2, -0.15) is 5.10 Å². The van der Waals surface area contributed by atoms with Crippen molar-refractivity contribution in [2.45, 2.75) is 12.5 Å². The molecule has 2 aromatic heterocycles. The minimum absolute atomic E-state index is 0.138. The highest BCUT2D eigenvalue weighted by molar-refractivity contribution is 6.30. The first kappa shape index (κ1) is 15.8. The number of halogens is 1. The van der Waals surface area contributed by atoms with Crippen molar-refractivity contribution in [2.75, 3.05) is 6.61 Å². The van der Waals surface area contributed by atoms with Crippen LogP contribution < -0.4 is 0 Å². The Bertz CT molecular complexity index is 761. The van der Waals surface area contributed by atoms with E-state index in [4.69, 9.17) is 16.3 Å². The highest BCUT2D eigenvalue weighted by Gasteiger charge is 2.16. The fourth-order valence-electron chi connectivity index (χ4n) is 2.64. The van der Waals surface area contributed by atoms with Crippen LogP contribution in [0.2, 0.25) is 5.02 Å². The largest absolute Gasteiger partial charge is 0.368 e. The third kappa shape index (κ3) is 3.84. The van der Waals surface area contributed by atoms with Gasteiger partial charge in [0.25, 0.3) is 0 Å². The fraction of sp³-hybridized carbons (Fsp3) is 0.278. The first-order valence-electron chi connectivity index (χ1n) is 7.59. The van der Waals surface area contributed by atoms with Gasteiger partial charge in [0, 0.05) is 49.2 Å². The maximum absolute atomic E-state index is 6.19. The van der Waals surface area contributed by atoms with Crippen LogP contribution in [0.4, 0.5) is 0 Å². The molecule has 3 rings (SSSR count). The molecule has 5 heteroatoms. The lowest BCUT2D eigenvalue weighted by Crippen LogP contribution is -2.09. The Hall–Kier alpha value is -2.04. The first-order valence-corrected chi connectivity index (χ1v) is 7.97. The summed E-state index contributed by atoms with van der Waals surface area (Å²) in [4.78, 5) is 0. The standard InChI is InChI=1S/C18H20ClN3O/c1-21-10-3-4-17(21)9-11-23-18(15-12-20-22(2)13-15)14-5-7-16(19)8-6-14/h3-8,10,12-13,18H,9,11H2,1-2H3. The number of aryl methyl sites for hydroxylation is 2. The van der Waals surface area contributed by atoms with E-state index in [1.165, 1.54) is 5.69 Å². The zero-order valence-electron chi connectivity index (χ0n) is 13.3. The number of hydrogen-bond donors (Lipinski definition) is 0. The lowest BCUT2D eigenvalue weighted by atomic mass is 10.0. The number of aromatic nitrogens is 3. The van der Waals surface area contributed by atoms with Crippen molar-refractivity contribution >= 4 is 11.6 Å². The summed E-state index contributed by atoms with van der Waals surface area (Å²) in [6.07, 6.45) is 6.62. The van der Waals surface area contributed by atoms with Gasteiger partial charge in [-0.3, -0.25) is 4.68 Å². The molecule has 120 valence electrons. The molecular weight excluding hydrogens is 310 g/mol. The number of hydrogen-bond acceptors (Lipinski definition) is 2. The molecule has 0 fully saturated rings. The lowest BCUT2D eigenvalue weighted by molar-refractivity contribution is 0.0818.